The number of piperazine rings is 1. The van der Waals surface area contributed by atoms with Crippen LogP contribution in [0.15, 0.2) is 78.9 Å². The number of imide groups is 1. The molecule has 0 saturated carbocycles. The number of hydrogen-bond acceptors (Lipinski definition) is 4. The number of amides is 2. The second kappa shape index (κ2) is 9.59. The van der Waals surface area contributed by atoms with Crippen LogP contribution in [0.1, 0.15) is 33.6 Å². The minimum absolute atomic E-state index is 0.152. The number of fused-ring (bicyclic) bond motifs is 1. The van der Waals surface area contributed by atoms with Gasteiger partial charge in [-0.2, -0.15) is 0 Å². The van der Waals surface area contributed by atoms with Crippen LogP contribution in [0.25, 0.3) is 11.1 Å². The van der Waals surface area contributed by atoms with Crippen molar-refractivity contribution in [1.82, 2.24) is 9.80 Å². The number of nitrogens with zero attached hydrogens (tertiary/aromatic N) is 3. The predicted octanol–water partition coefficient (Wildman–Crippen LogP) is 4.55. The van der Waals surface area contributed by atoms with Gasteiger partial charge in [0.2, 0.25) is 0 Å². The number of rotatable bonds is 7. The molecule has 0 unspecified atom stereocenters. The minimum Gasteiger partial charge on any atom is -0.368 e. The van der Waals surface area contributed by atoms with E-state index in [0.717, 1.165) is 45.6 Å². The van der Waals surface area contributed by atoms with Crippen LogP contribution in [0.2, 0.25) is 0 Å². The van der Waals surface area contributed by atoms with Gasteiger partial charge in [0.1, 0.15) is 0 Å². The third-order valence-corrected chi connectivity index (χ3v) is 6.69. The summed E-state index contributed by atoms with van der Waals surface area (Å²) in [5.74, 6) is -0.303. The van der Waals surface area contributed by atoms with Gasteiger partial charge in [0.05, 0.1) is 11.1 Å². The zero-order valence-electron chi connectivity index (χ0n) is 18.8. The molecule has 0 atom stereocenters. The van der Waals surface area contributed by atoms with E-state index in [1.54, 1.807) is 12.1 Å². The molecule has 0 aromatic heterocycles. The van der Waals surface area contributed by atoms with E-state index >= 15 is 0 Å². The first-order valence-corrected chi connectivity index (χ1v) is 11.8. The molecule has 0 bridgehead atoms. The van der Waals surface area contributed by atoms with Crippen molar-refractivity contribution in [3.05, 3.63) is 90.0 Å². The molecule has 5 heteroatoms. The van der Waals surface area contributed by atoms with Crippen molar-refractivity contribution in [1.29, 1.82) is 0 Å². The van der Waals surface area contributed by atoms with Crippen molar-refractivity contribution in [2.24, 2.45) is 0 Å². The summed E-state index contributed by atoms with van der Waals surface area (Å²) < 4.78 is 0. The van der Waals surface area contributed by atoms with E-state index in [-0.39, 0.29) is 11.8 Å². The Labute approximate surface area is 195 Å². The fourth-order valence-electron chi connectivity index (χ4n) is 4.87. The lowest BCUT2D eigenvalue weighted by Gasteiger charge is -2.37. The van der Waals surface area contributed by atoms with Gasteiger partial charge in [-0.05, 0) is 43.1 Å². The highest BCUT2D eigenvalue weighted by molar-refractivity contribution is 6.21. The molecule has 3 aromatic rings. The van der Waals surface area contributed by atoms with E-state index in [1.807, 2.05) is 12.1 Å². The Morgan fingerprint density at radius 1 is 0.576 bits per heavy atom. The minimum atomic E-state index is -0.152. The van der Waals surface area contributed by atoms with Crippen molar-refractivity contribution >= 4 is 17.5 Å². The Hall–Kier alpha value is -3.44. The van der Waals surface area contributed by atoms with Gasteiger partial charge < -0.3 is 4.90 Å². The predicted molar refractivity (Wildman–Crippen MR) is 132 cm³/mol. The molecule has 5 rings (SSSR count). The van der Waals surface area contributed by atoms with Gasteiger partial charge in [-0.15, -0.1) is 0 Å². The SMILES string of the molecule is O=C1c2ccccc2C(=O)N1CCCCN1CCN(c2ccccc2-c2ccccc2)CC1. The smallest absolute Gasteiger partial charge is 0.261 e. The summed E-state index contributed by atoms with van der Waals surface area (Å²) in [6.45, 7) is 5.55. The van der Waals surface area contributed by atoms with Crippen LogP contribution in [0, 0.1) is 0 Å². The topological polar surface area (TPSA) is 43.9 Å². The third kappa shape index (κ3) is 4.41. The lowest BCUT2D eigenvalue weighted by Crippen LogP contribution is -2.46. The van der Waals surface area contributed by atoms with E-state index < -0.39 is 0 Å². The maximum Gasteiger partial charge on any atom is 0.261 e. The van der Waals surface area contributed by atoms with Crippen molar-refractivity contribution in [2.45, 2.75) is 12.8 Å². The lowest BCUT2D eigenvalue weighted by molar-refractivity contribution is 0.0650. The van der Waals surface area contributed by atoms with Gasteiger partial charge in [-0.1, -0.05) is 60.7 Å². The Kier molecular flexibility index (Phi) is 6.22. The fraction of sp³-hybridized carbons (Fsp3) is 0.286. The zero-order valence-corrected chi connectivity index (χ0v) is 18.8. The number of anilines is 1. The summed E-state index contributed by atoms with van der Waals surface area (Å²) in [6, 6.07) is 26.3. The molecule has 5 nitrogen and oxygen atoms in total. The molecule has 0 aliphatic carbocycles. The van der Waals surface area contributed by atoms with Gasteiger partial charge in [0.15, 0.2) is 0 Å². The molecule has 2 aliphatic heterocycles. The molecule has 2 aliphatic rings. The van der Waals surface area contributed by atoms with Crippen LogP contribution < -0.4 is 4.90 Å². The zero-order chi connectivity index (χ0) is 22.6. The largest absolute Gasteiger partial charge is 0.368 e. The number of carbonyl (C=O) groups is 2. The molecular formula is C28H29N3O2. The highest BCUT2D eigenvalue weighted by Gasteiger charge is 2.34. The second-order valence-corrected chi connectivity index (χ2v) is 8.73. The van der Waals surface area contributed by atoms with Crippen LogP contribution in [0.4, 0.5) is 5.69 Å². The number of benzene rings is 3. The number of hydrogen-bond donors (Lipinski definition) is 0. The number of para-hydroxylation sites is 1. The van der Waals surface area contributed by atoms with Crippen LogP contribution in [-0.2, 0) is 0 Å². The third-order valence-electron chi connectivity index (χ3n) is 6.69. The van der Waals surface area contributed by atoms with Crippen LogP contribution in [0.5, 0.6) is 0 Å². The maximum absolute atomic E-state index is 12.5. The second-order valence-electron chi connectivity index (χ2n) is 8.73. The molecule has 3 aromatic carbocycles. The van der Waals surface area contributed by atoms with E-state index in [2.05, 4.69) is 64.4 Å². The summed E-state index contributed by atoms with van der Waals surface area (Å²) in [5, 5.41) is 0. The molecule has 1 fully saturated rings. The number of carbonyl (C=O) groups excluding carboxylic acids is 2. The van der Waals surface area contributed by atoms with Gasteiger partial charge in [-0.25, -0.2) is 0 Å². The van der Waals surface area contributed by atoms with E-state index in [0.29, 0.717) is 17.7 Å². The molecule has 2 amide bonds. The average Bonchev–Trinajstić information content (AvgIpc) is 3.12. The first-order chi connectivity index (χ1) is 16.2. The average molecular weight is 440 g/mol. The van der Waals surface area contributed by atoms with Crippen LogP contribution >= 0.6 is 0 Å². The Bertz CT molecular complexity index is 1100. The molecule has 0 radical (unpaired) electrons. The monoisotopic (exact) mass is 439 g/mol. The Balaban J connectivity index is 1.10. The van der Waals surface area contributed by atoms with E-state index in [4.69, 9.17) is 0 Å². The van der Waals surface area contributed by atoms with Crippen molar-refractivity contribution in [2.75, 3.05) is 44.2 Å². The first-order valence-electron chi connectivity index (χ1n) is 11.8. The van der Waals surface area contributed by atoms with Gasteiger partial charge in [-0.3, -0.25) is 19.4 Å². The quantitative estimate of drug-likeness (QED) is 0.400. The van der Waals surface area contributed by atoms with Gasteiger partial charge >= 0.3 is 0 Å². The summed E-state index contributed by atoms with van der Waals surface area (Å²) in [7, 11) is 0. The maximum atomic E-state index is 12.5. The molecular weight excluding hydrogens is 410 g/mol. The van der Waals surface area contributed by atoms with Crippen molar-refractivity contribution in [3.8, 4) is 11.1 Å². The summed E-state index contributed by atoms with van der Waals surface area (Å²) >= 11 is 0. The summed E-state index contributed by atoms with van der Waals surface area (Å²) in [4.78, 5) is 31.4. The van der Waals surface area contributed by atoms with Crippen molar-refractivity contribution < 1.29 is 9.59 Å². The molecule has 168 valence electrons. The molecule has 2 heterocycles. The van der Waals surface area contributed by atoms with Crippen molar-refractivity contribution in [3.63, 3.8) is 0 Å². The summed E-state index contributed by atoms with van der Waals surface area (Å²) in [5.41, 5.74) is 4.91. The molecule has 0 spiro atoms. The van der Waals surface area contributed by atoms with Gasteiger partial charge in [0.25, 0.3) is 11.8 Å². The molecule has 0 N–H and O–H groups in total. The summed E-state index contributed by atoms with van der Waals surface area (Å²) in [6.07, 6.45) is 1.82. The molecule has 1 saturated heterocycles. The van der Waals surface area contributed by atoms with Gasteiger partial charge in [0, 0.05) is 44.0 Å². The highest BCUT2D eigenvalue weighted by Crippen LogP contribution is 2.31. The number of unbranched alkanes of at least 4 members (excludes halogenated alkanes) is 1. The lowest BCUT2D eigenvalue weighted by atomic mass is 10.0. The normalized spacial score (nSPS) is 16.4. The van der Waals surface area contributed by atoms with E-state index in [1.165, 1.54) is 21.7 Å². The van der Waals surface area contributed by atoms with Crippen LogP contribution in [0.3, 0.4) is 0 Å². The van der Waals surface area contributed by atoms with Crippen LogP contribution in [-0.4, -0.2) is 60.9 Å². The highest BCUT2D eigenvalue weighted by atomic mass is 16.2. The Morgan fingerprint density at radius 3 is 1.79 bits per heavy atom. The first kappa shape index (κ1) is 21.4. The Morgan fingerprint density at radius 2 is 1.12 bits per heavy atom. The molecule has 33 heavy (non-hydrogen) atoms. The van der Waals surface area contributed by atoms with E-state index in [9.17, 15) is 9.59 Å². The standard InChI is InChI=1S/C28H29N3O2/c32-27-24-13-4-5-14-25(24)28(33)31(27)17-9-8-16-29-18-20-30(21-19-29)26-15-7-6-12-23(26)22-10-2-1-3-11-22/h1-7,10-15H,8-9,16-21H2. The fourth-order valence-corrected chi connectivity index (χ4v) is 4.87.